The molecule has 3 rings (SSSR count). The second kappa shape index (κ2) is 9.20. The van der Waals surface area contributed by atoms with E-state index in [-0.39, 0.29) is 23.0 Å². The van der Waals surface area contributed by atoms with Crippen LogP contribution in [0.2, 0.25) is 0 Å². The van der Waals surface area contributed by atoms with E-state index in [1.54, 1.807) is 4.57 Å². The average molecular weight is 418 g/mol. The quantitative estimate of drug-likeness (QED) is 0.744. The minimum atomic E-state index is -0.163. The molecular weight excluding hydrogens is 378 g/mol. The molecule has 7 heteroatoms. The van der Waals surface area contributed by atoms with Crippen molar-refractivity contribution < 1.29 is 4.79 Å². The van der Waals surface area contributed by atoms with Crippen molar-refractivity contribution in [2.24, 2.45) is 0 Å². The highest BCUT2D eigenvalue weighted by molar-refractivity contribution is 5.95. The van der Waals surface area contributed by atoms with E-state index in [9.17, 15) is 9.59 Å². The molecule has 3 heterocycles. The number of piperidine rings is 1. The average Bonchev–Trinajstić information content (AvgIpc) is 2.83. The van der Waals surface area contributed by atoms with Crippen LogP contribution in [0.1, 0.15) is 48.1 Å². The van der Waals surface area contributed by atoms with E-state index in [4.69, 9.17) is 0 Å². The van der Waals surface area contributed by atoms with E-state index in [2.05, 4.69) is 28.8 Å². The van der Waals surface area contributed by atoms with Gasteiger partial charge in [0, 0.05) is 44.0 Å². The highest BCUT2D eigenvalue weighted by atomic mass is 16.2. The first kappa shape index (κ1) is 23.0. The number of amides is 1. The van der Waals surface area contributed by atoms with Crippen LogP contribution in [0.5, 0.6) is 0 Å². The van der Waals surface area contributed by atoms with Crippen molar-refractivity contribution >= 4 is 5.91 Å². The Bertz CT molecular complexity index is 810. The highest BCUT2D eigenvalue weighted by Gasteiger charge is 2.42. The standard InChI is InChI=1S/C23H39N5O2/c1-18-8-13-28(19(2)16-24(3)4)22(30)20(18)21(29)27-12-7-11-26(6)23(17-27)9-14-25(5)15-10-23/h8,13,19H,7,9-12,14-17H2,1-6H3. The zero-order chi connectivity index (χ0) is 22.1. The number of aryl methyl sites for hydroxylation is 1. The number of pyridine rings is 1. The summed E-state index contributed by atoms with van der Waals surface area (Å²) >= 11 is 0. The van der Waals surface area contributed by atoms with Gasteiger partial charge in [0.2, 0.25) is 0 Å². The molecule has 1 spiro atoms. The summed E-state index contributed by atoms with van der Waals surface area (Å²) in [6.07, 6.45) is 4.89. The summed E-state index contributed by atoms with van der Waals surface area (Å²) in [5, 5.41) is 0. The number of likely N-dealkylation sites (N-methyl/N-ethyl adjacent to an activating group) is 2. The lowest BCUT2D eigenvalue weighted by atomic mass is 9.85. The van der Waals surface area contributed by atoms with Crippen LogP contribution >= 0.6 is 0 Å². The molecule has 30 heavy (non-hydrogen) atoms. The van der Waals surface area contributed by atoms with Gasteiger partial charge >= 0.3 is 0 Å². The van der Waals surface area contributed by atoms with Crippen LogP contribution < -0.4 is 5.56 Å². The van der Waals surface area contributed by atoms with E-state index < -0.39 is 0 Å². The predicted octanol–water partition coefficient (Wildman–Crippen LogP) is 1.52. The Morgan fingerprint density at radius 3 is 2.47 bits per heavy atom. The lowest BCUT2D eigenvalue weighted by molar-refractivity contribution is 0.0315. The molecule has 0 N–H and O–H groups in total. The molecule has 2 saturated heterocycles. The lowest BCUT2D eigenvalue weighted by Gasteiger charge is -2.47. The summed E-state index contributed by atoms with van der Waals surface area (Å²) in [6, 6.07) is 1.92. The Kier molecular flexibility index (Phi) is 7.05. The normalized spacial score (nSPS) is 21.8. The molecule has 0 aromatic carbocycles. The summed E-state index contributed by atoms with van der Waals surface area (Å²) in [6.45, 7) is 9.16. The van der Waals surface area contributed by atoms with E-state index in [0.29, 0.717) is 18.7 Å². The van der Waals surface area contributed by atoms with Gasteiger partial charge in [-0.2, -0.15) is 0 Å². The number of carbonyl (C=O) groups excluding carboxylic acids is 1. The molecule has 0 bridgehead atoms. The van der Waals surface area contributed by atoms with E-state index in [1.165, 1.54) is 0 Å². The summed E-state index contributed by atoms with van der Waals surface area (Å²) in [5.41, 5.74) is 0.965. The van der Waals surface area contributed by atoms with Crippen molar-refractivity contribution in [3.63, 3.8) is 0 Å². The van der Waals surface area contributed by atoms with Crippen LogP contribution in [0.4, 0.5) is 0 Å². The van der Waals surface area contributed by atoms with Gasteiger partial charge in [0.15, 0.2) is 0 Å². The van der Waals surface area contributed by atoms with Crippen LogP contribution in [0, 0.1) is 6.92 Å². The molecule has 2 aliphatic heterocycles. The fraction of sp³-hybridized carbons (Fsp3) is 0.739. The molecular formula is C23H39N5O2. The van der Waals surface area contributed by atoms with Gasteiger partial charge in [-0.05, 0) is 86.0 Å². The molecule has 1 amide bonds. The molecule has 7 nitrogen and oxygen atoms in total. The van der Waals surface area contributed by atoms with Crippen molar-refractivity contribution in [3.05, 3.63) is 33.7 Å². The second-order valence-electron chi connectivity index (χ2n) is 9.73. The van der Waals surface area contributed by atoms with Crippen LogP contribution in [0.15, 0.2) is 17.1 Å². The van der Waals surface area contributed by atoms with Gasteiger partial charge in [0.25, 0.3) is 11.5 Å². The van der Waals surface area contributed by atoms with Gasteiger partial charge in [0.05, 0.1) is 0 Å². The molecule has 2 aliphatic rings. The molecule has 0 radical (unpaired) electrons. The van der Waals surface area contributed by atoms with Crippen molar-refractivity contribution in [1.82, 2.24) is 24.2 Å². The Morgan fingerprint density at radius 1 is 1.17 bits per heavy atom. The molecule has 168 valence electrons. The fourth-order valence-electron chi connectivity index (χ4n) is 5.06. The van der Waals surface area contributed by atoms with Gasteiger partial charge in [-0.1, -0.05) is 0 Å². The number of nitrogens with zero attached hydrogens (tertiary/aromatic N) is 5. The van der Waals surface area contributed by atoms with Crippen LogP contribution in [0.25, 0.3) is 0 Å². The number of carbonyl (C=O) groups is 1. The minimum Gasteiger partial charge on any atom is -0.337 e. The van der Waals surface area contributed by atoms with Gasteiger partial charge in [-0.15, -0.1) is 0 Å². The number of hydrogen-bond donors (Lipinski definition) is 0. The van der Waals surface area contributed by atoms with E-state index in [1.807, 2.05) is 45.1 Å². The van der Waals surface area contributed by atoms with Crippen LogP contribution in [-0.2, 0) is 0 Å². The van der Waals surface area contributed by atoms with Crippen molar-refractivity contribution in [2.75, 3.05) is 67.5 Å². The zero-order valence-corrected chi connectivity index (χ0v) is 19.6. The molecule has 0 aliphatic carbocycles. The second-order valence-corrected chi connectivity index (χ2v) is 9.73. The third-order valence-corrected chi connectivity index (χ3v) is 7.07. The van der Waals surface area contributed by atoms with Gasteiger partial charge in [0.1, 0.15) is 5.56 Å². The van der Waals surface area contributed by atoms with Gasteiger partial charge in [-0.25, -0.2) is 0 Å². The smallest absolute Gasteiger partial charge is 0.263 e. The van der Waals surface area contributed by atoms with Crippen molar-refractivity contribution in [3.8, 4) is 0 Å². The summed E-state index contributed by atoms with van der Waals surface area (Å²) in [7, 11) is 8.35. The van der Waals surface area contributed by atoms with Crippen molar-refractivity contribution in [1.29, 1.82) is 0 Å². The van der Waals surface area contributed by atoms with E-state index >= 15 is 0 Å². The zero-order valence-electron chi connectivity index (χ0n) is 19.6. The maximum absolute atomic E-state index is 13.7. The number of rotatable bonds is 4. The Hall–Kier alpha value is -1.70. The number of hydrogen-bond acceptors (Lipinski definition) is 5. The monoisotopic (exact) mass is 417 g/mol. The first-order chi connectivity index (χ1) is 14.1. The molecule has 0 saturated carbocycles. The third-order valence-electron chi connectivity index (χ3n) is 7.07. The first-order valence-electron chi connectivity index (χ1n) is 11.2. The largest absolute Gasteiger partial charge is 0.337 e. The minimum absolute atomic E-state index is 0.00939. The molecule has 1 unspecified atom stereocenters. The Morgan fingerprint density at radius 2 is 1.83 bits per heavy atom. The van der Waals surface area contributed by atoms with Crippen LogP contribution in [0.3, 0.4) is 0 Å². The van der Waals surface area contributed by atoms with Crippen LogP contribution in [-0.4, -0.2) is 103 Å². The maximum Gasteiger partial charge on any atom is 0.263 e. The highest BCUT2D eigenvalue weighted by Crippen LogP contribution is 2.31. The maximum atomic E-state index is 13.7. The lowest BCUT2D eigenvalue weighted by Crippen LogP contribution is -2.58. The number of likely N-dealkylation sites (tertiary alicyclic amines) is 1. The fourth-order valence-corrected chi connectivity index (χ4v) is 5.06. The van der Waals surface area contributed by atoms with Crippen molar-refractivity contribution in [2.45, 2.75) is 44.7 Å². The summed E-state index contributed by atoms with van der Waals surface area (Å²) in [5.74, 6) is -0.0995. The molecule has 1 atom stereocenters. The van der Waals surface area contributed by atoms with Gasteiger partial charge in [-0.3, -0.25) is 14.5 Å². The molecule has 2 fully saturated rings. The SMILES string of the molecule is Cc1ccn(C(C)CN(C)C)c(=O)c1C(=O)N1CCCN(C)C2(CCN(C)CC2)C1. The summed E-state index contributed by atoms with van der Waals surface area (Å²) in [4.78, 5) is 35.8. The molecule has 1 aromatic heterocycles. The Labute approximate surface area is 181 Å². The first-order valence-corrected chi connectivity index (χ1v) is 11.2. The Balaban J connectivity index is 1.91. The molecule has 1 aromatic rings. The predicted molar refractivity (Wildman–Crippen MR) is 121 cm³/mol. The summed E-state index contributed by atoms with van der Waals surface area (Å²) < 4.78 is 1.72. The van der Waals surface area contributed by atoms with E-state index in [0.717, 1.165) is 51.0 Å². The number of aromatic nitrogens is 1. The topological polar surface area (TPSA) is 52.0 Å². The van der Waals surface area contributed by atoms with Gasteiger partial charge < -0.3 is 19.3 Å². The third kappa shape index (κ3) is 4.63.